The minimum absolute atomic E-state index is 0.153. The highest BCUT2D eigenvalue weighted by atomic mass is 16.7. The molecule has 0 bridgehead atoms. The zero-order valence-corrected chi connectivity index (χ0v) is 22.9. The van der Waals surface area contributed by atoms with E-state index in [0.29, 0.717) is 0 Å². The van der Waals surface area contributed by atoms with Crippen LogP contribution in [0.15, 0.2) is 24.3 Å². The number of benzene rings is 1. The zero-order chi connectivity index (χ0) is 27.8. The molecule has 0 saturated carbocycles. The lowest BCUT2D eigenvalue weighted by Gasteiger charge is -2.49. The van der Waals surface area contributed by atoms with Gasteiger partial charge >= 0.3 is 13.2 Å². The Morgan fingerprint density at radius 1 is 1.05 bits per heavy atom. The van der Waals surface area contributed by atoms with Crippen LogP contribution in [0, 0.1) is 0 Å². The number of hydrogen-bond donors (Lipinski definition) is 3. The first-order chi connectivity index (χ1) is 17.0. The van der Waals surface area contributed by atoms with Gasteiger partial charge in [0.1, 0.15) is 11.6 Å². The molecule has 1 atom stereocenters. The highest BCUT2D eigenvalue weighted by molar-refractivity contribution is 6.62. The molecule has 4 N–H and O–H groups in total. The summed E-state index contributed by atoms with van der Waals surface area (Å²) in [6, 6.07) is 6.38. The number of hydrogen-bond acceptors (Lipinski definition) is 6. The van der Waals surface area contributed by atoms with E-state index < -0.39 is 53.3 Å². The van der Waals surface area contributed by atoms with E-state index in [2.05, 4.69) is 5.32 Å². The summed E-state index contributed by atoms with van der Waals surface area (Å²) in [6.45, 7) is 13.6. The van der Waals surface area contributed by atoms with Gasteiger partial charge in [0.25, 0.3) is 0 Å². The number of nitrogens with two attached hydrogens (primary N) is 1. The van der Waals surface area contributed by atoms with E-state index in [1.54, 1.807) is 20.8 Å². The van der Waals surface area contributed by atoms with Crippen LogP contribution in [0.4, 0.5) is 4.79 Å². The van der Waals surface area contributed by atoms with Crippen molar-refractivity contribution in [3.63, 3.8) is 0 Å². The van der Waals surface area contributed by atoms with Gasteiger partial charge in [0, 0.05) is 38.0 Å². The molecule has 2 aliphatic heterocycles. The average Bonchev–Trinajstić information content (AvgIpc) is 2.99. The number of rotatable bonds is 7. The highest BCUT2D eigenvalue weighted by Crippen LogP contribution is 2.37. The summed E-state index contributed by atoms with van der Waals surface area (Å²) in [6.07, 6.45) is -0.703. The Labute approximate surface area is 219 Å². The molecule has 37 heavy (non-hydrogen) atoms. The van der Waals surface area contributed by atoms with Gasteiger partial charge in [0.15, 0.2) is 0 Å². The molecule has 2 heterocycles. The molecular formula is C26H40BN3O7. The molecule has 2 aliphatic rings. The Hall–Kier alpha value is -2.63. The summed E-state index contributed by atoms with van der Waals surface area (Å²) in [5.74, 6) is -1.26. The molecule has 1 aromatic rings. The number of carbonyl (C=O) groups excluding carboxylic acids is 2. The molecule has 2 fully saturated rings. The van der Waals surface area contributed by atoms with Crippen LogP contribution in [0.3, 0.4) is 0 Å². The lowest BCUT2D eigenvalue weighted by molar-refractivity contribution is -0.145. The van der Waals surface area contributed by atoms with Crippen LogP contribution in [-0.4, -0.2) is 76.6 Å². The summed E-state index contributed by atoms with van der Waals surface area (Å²) in [7, 11) is -0.515. The molecule has 2 saturated heterocycles. The van der Waals surface area contributed by atoms with Crippen LogP contribution in [0.5, 0.6) is 0 Å². The molecular weight excluding hydrogens is 477 g/mol. The van der Waals surface area contributed by atoms with Crippen LogP contribution < -0.4 is 16.5 Å². The van der Waals surface area contributed by atoms with E-state index in [9.17, 15) is 19.5 Å². The van der Waals surface area contributed by atoms with Gasteiger partial charge in [-0.3, -0.25) is 14.5 Å². The summed E-state index contributed by atoms with van der Waals surface area (Å²) >= 11 is 0. The number of carbonyl (C=O) groups is 3. The number of nitrogens with one attached hydrogen (secondary N) is 1. The van der Waals surface area contributed by atoms with Crippen LogP contribution >= 0.6 is 0 Å². The molecule has 11 heteroatoms. The first-order valence-corrected chi connectivity index (χ1v) is 12.7. The maximum Gasteiger partial charge on any atom is 0.494 e. The van der Waals surface area contributed by atoms with E-state index >= 15 is 0 Å². The molecule has 3 amide bonds. The molecule has 3 rings (SSSR count). The average molecular weight is 517 g/mol. The lowest BCUT2D eigenvalue weighted by Crippen LogP contribution is -2.69. The predicted molar refractivity (Wildman–Crippen MR) is 139 cm³/mol. The third kappa shape index (κ3) is 5.94. The Morgan fingerprint density at radius 2 is 1.57 bits per heavy atom. The quantitative estimate of drug-likeness (QED) is 0.469. The molecule has 0 unspecified atom stereocenters. The van der Waals surface area contributed by atoms with Crippen molar-refractivity contribution in [3.8, 4) is 0 Å². The van der Waals surface area contributed by atoms with Crippen molar-refractivity contribution in [3.05, 3.63) is 29.8 Å². The normalized spacial score (nSPS) is 21.2. The third-order valence-electron chi connectivity index (χ3n) is 7.63. The number of nitrogens with zero attached hydrogens (tertiary/aromatic N) is 1. The monoisotopic (exact) mass is 517 g/mol. The van der Waals surface area contributed by atoms with Gasteiger partial charge in [0.05, 0.1) is 11.2 Å². The molecule has 1 aromatic carbocycles. The van der Waals surface area contributed by atoms with E-state index in [1.165, 1.54) is 4.90 Å². The van der Waals surface area contributed by atoms with Crippen molar-refractivity contribution in [2.45, 2.75) is 96.1 Å². The molecule has 10 nitrogen and oxygen atoms in total. The predicted octanol–water partition coefficient (Wildman–Crippen LogP) is 1.83. The summed E-state index contributed by atoms with van der Waals surface area (Å²) in [4.78, 5) is 39.5. The topological polar surface area (TPSA) is 140 Å². The van der Waals surface area contributed by atoms with E-state index in [-0.39, 0.29) is 32.5 Å². The highest BCUT2D eigenvalue weighted by Gasteiger charge is 2.53. The van der Waals surface area contributed by atoms with Crippen LogP contribution in [-0.2, 0) is 30.1 Å². The van der Waals surface area contributed by atoms with Gasteiger partial charge in [-0.25, -0.2) is 4.79 Å². The zero-order valence-electron chi connectivity index (χ0n) is 22.9. The van der Waals surface area contributed by atoms with Gasteiger partial charge < -0.3 is 30.2 Å². The molecule has 0 aromatic heterocycles. The summed E-state index contributed by atoms with van der Waals surface area (Å²) in [5, 5.41) is 12.8. The van der Waals surface area contributed by atoms with Crippen LogP contribution in [0.1, 0.15) is 66.9 Å². The second-order valence-corrected chi connectivity index (χ2v) is 11.9. The molecule has 0 aliphatic carbocycles. The second kappa shape index (κ2) is 10.3. The fourth-order valence-electron chi connectivity index (χ4n) is 4.91. The minimum atomic E-state index is -1.38. The van der Waals surface area contributed by atoms with Crippen molar-refractivity contribution in [2.75, 3.05) is 13.2 Å². The maximum absolute atomic E-state index is 13.7. The van der Waals surface area contributed by atoms with Gasteiger partial charge in [0.2, 0.25) is 11.8 Å². The van der Waals surface area contributed by atoms with Crippen molar-refractivity contribution in [1.82, 2.24) is 10.2 Å². The first-order valence-electron chi connectivity index (χ1n) is 12.7. The van der Waals surface area contributed by atoms with E-state index in [0.717, 1.165) is 11.0 Å². The largest absolute Gasteiger partial charge is 0.494 e. The van der Waals surface area contributed by atoms with Crippen molar-refractivity contribution in [1.29, 1.82) is 0 Å². The van der Waals surface area contributed by atoms with Crippen LogP contribution in [0.2, 0.25) is 0 Å². The smallest absolute Gasteiger partial charge is 0.465 e. The number of amides is 3. The maximum atomic E-state index is 13.7. The minimum Gasteiger partial charge on any atom is -0.465 e. The van der Waals surface area contributed by atoms with Gasteiger partial charge in [-0.1, -0.05) is 24.3 Å². The summed E-state index contributed by atoms with van der Waals surface area (Å²) in [5.41, 5.74) is 4.12. The Bertz CT molecular complexity index is 998. The SMILES string of the molecule is CC(C)(C)N(C(=O)O)C1(C(=O)N[C@@H](Cc2ccc(B3OC(C)(C)C(C)(C)O3)cc2)C(N)=O)CCOCC1. The van der Waals surface area contributed by atoms with Gasteiger partial charge in [-0.15, -0.1) is 0 Å². The fraction of sp³-hybridized carbons (Fsp3) is 0.654. The molecule has 0 spiro atoms. The Balaban J connectivity index is 1.79. The summed E-state index contributed by atoms with van der Waals surface area (Å²) < 4.78 is 17.6. The lowest BCUT2D eigenvalue weighted by atomic mass is 9.78. The standard InChI is InChI=1S/C26H40BN3O7/c1-23(2,3)30(22(33)34)26(12-14-35-15-13-26)21(32)29-19(20(28)31)16-17-8-10-18(11-9-17)27-36-24(4,5)25(6,7)37-27/h8-11,19H,12-16H2,1-7H3,(H2,28,31)(H,29,32)(H,33,34)/t19-/m0/s1. The van der Waals surface area contributed by atoms with Gasteiger partial charge in [-0.05, 0) is 59.5 Å². The van der Waals surface area contributed by atoms with Crippen molar-refractivity contribution >= 4 is 30.5 Å². The number of carboxylic acid groups (broad SMARTS) is 1. The van der Waals surface area contributed by atoms with E-state index in [4.69, 9.17) is 19.8 Å². The molecule has 0 radical (unpaired) electrons. The number of ether oxygens (including phenoxy) is 1. The Morgan fingerprint density at radius 3 is 2.00 bits per heavy atom. The van der Waals surface area contributed by atoms with Gasteiger partial charge in [-0.2, -0.15) is 0 Å². The Kier molecular flexibility index (Phi) is 8.03. The van der Waals surface area contributed by atoms with Crippen molar-refractivity contribution < 1.29 is 33.5 Å². The van der Waals surface area contributed by atoms with Crippen LogP contribution in [0.25, 0.3) is 0 Å². The third-order valence-corrected chi connectivity index (χ3v) is 7.63. The molecule has 204 valence electrons. The first kappa shape index (κ1) is 28.9. The number of primary amides is 1. The fourth-order valence-corrected chi connectivity index (χ4v) is 4.91. The second-order valence-electron chi connectivity index (χ2n) is 11.9. The van der Waals surface area contributed by atoms with E-state index in [1.807, 2.05) is 52.0 Å². The van der Waals surface area contributed by atoms with Crippen molar-refractivity contribution in [2.24, 2.45) is 5.73 Å².